The number of halogens is 2. The second kappa shape index (κ2) is 6.52. The van der Waals surface area contributed by atoms with Gasteiger partial charge >= 0.3 is 0 Å². The Morgan fingerprint density at radius 3 is 2.88 bits per heavy atom. The van der Waals surface area contributed by atoms with Crippen LogP contribution in [0.1, 0.15) is 39.8 Å². The topological polar surface area (TPSA) is 49.7 Å². The molecule has 0 spiro atoms. The van der Waals surface area contributed by atoms with Crippen LogP contribution in [0.25, 0.3) is 0 Å². The molecule has 1 aliphatic heterocycles. The lowest BCUT2D eigenvalue weighted by atomic mass is 9.95. The number of fused-ring (bicyclic) bond motifs is 1. The SMILES string of the molecule is Cc1ccc(Cl)c(CN2CCc3[nH]cnc3[C@@H]2c2cnn(C)c2C)c1F. The number of benzene rings is 1. The minimum Gasteiger partial charge on any atom is -0.348 e. The largest absolute Gasteiger partial charge is 0.348 e. The lowest BCUT2D eigenvalue weighted by Gasteiger charge is -2.35. The number of rotatable bonds is 3. The summed E-state index contributed by atoms with van der Waals surface area (Å²) in [6.45, 7) is 5.02. The molecule has 136 valence electrons. The van der Waals surface area contributed by atoms with Gasteiger partial charge in [-0.25, -0.2) is 9.37 Å². The van der Waals surface area contributed by atoms with Crippen molar-refractivity contribution in [2.24, 2.45) is 7.05 Å². The lowest BCUT2D eigenvalue weighted by molar-refractivity contribution is 0.197. The maximum atomic E-state index is 14.7. The van der Waals surface area contributed by atoms with Crippen LogP contribution in [0.3, 0.4) is 0 Å². The molecular formula is C19H21ClFN5. The number of hydrogen-bond donors (Lipinski definition) is 1. The van der Waals surface area contributed by atoms with Crippen molar-refractivity contribution in [1.29, 1.82) is 0 Å². The Bertz CT molecular complexity index is 961. The van der Waals surface area contributed by atoms with E-state index in [9.17, 15) is 4.39 Å². The highest BCUT2D eigenvalue weighted by Gasteiger charge is 2.34. The molecule has 3 aromatic rings. The minimum atomic E-state index is -0.230. The standard InChI is InChI=1S/C19H21ClFN5/c1-11-4-5-15(20)14(17(11)21)9-26-7-6-16-18(23-10-22-16)19(26)13-8-24-25(3)12(13)2/h4-5,8,10,19H,6-7,9H2,1-3H3,(H,22,23)/t19-/m0/s1. The minimum absolute atomic E-state index is 0.0744. The molecule has 5 nitrogen and oxygen atoms in total. The van der Waals surface area contributed by atoms with Gasteiger partial charge in [-0.3, -0.25) is 9.58 Å². The first kappa shape index (κ1) is 17.2. The molecule has 4 rings (SSSR count). The van der Waals surface area contributed by atoms with Gasteiger partial charge in [-0.2, -0.15) is 5.10 Å². The van der Waals surface area contributed by atoms with Gasteiger partial charge in [0.25, 0.3) is 0 Å². The van der Waals surface area contributed by atoms with E-state index >= 15 is 0 Å². The molecule has 0 saturated carbocycles. The van der Waals surface area contributed by atoms with E-state index in [1.54, 1.807) is 25.4 Å². The molecule has 0 radical (unpaired) electrons. The Balaban J connectivity index is 1.78. The molecule has 0 bridgehead atoms. The number of imidazole rings is 1. The quantitative estimate of drug-likeness (QED) is 0.761. The van der Waals surface area contributed by atoms with E-state index in [1.165, 1.54) is 0 Å². The zero-order valence-corrected chi connectivity index (χ0v) is 15.8. The molecule has 1 aliphatic rings. The Kier molecular flexibility index (Phi) is 4.32. The number of aromatic nitrogens is 4. The Morgan fingerprint density at radius 1 is 1.35 bits per heavy atom. The summed E-state index contributed by atoms with van der Waals surface area (Å²) in [6.07, 6.45) is 4.45. The van der Waals surface area contributed by atoms with Crippen molar-refractivity contribution >= 4 is 11.6 Å². The summed E-state index contributed by atoms with van der Waals surface area (Å²) in [5, 5.41) is 4.85. The van der Waals surface area contributed by atoms with E-state index in [2.05, 4.69) is 20.0 Å². The van der Waals surface area contributed by atoms with E-state index in [0.29, 0.717) is 22.7 Å². The zero-order valence-electron chi connectivity index (χ0n) is 15.1. The normalized spacial score (nSPS) is 17.5. The van der Waals surface area contributed by atoms with E-state index in [1.807, 2.05) is 24.9 Å². The molecule has 0 saturated heterocycles. The van der Waals surface area contributed by atoms with Gasteiger partial charge in [-0.15, -0.1) is 0 Å². The van der Waals surface area contributed by atoms with Gasteiger partial charge in [-0.1, -0.05) is 17.7 Å². The fraction of sp³-hybridized carbons (Fsp3) is 0.368. The number of aryl methyl sites for hydroxylation is 2. The highest BCUT2D eigenvalue weighted by Crippen LogP contribution is 2.37. The lowest BCUT2D eigenvalue weighted by Crippen LogP contribution is -2.36. The van der Waals surface area contributed by atoms with Crippen LogP contribution in [0.2, 0.25) is 5.02 Å². The van der Waals surface area contributed by atoms with Crippen LogP contribution in [-0.2, 0) is 20.0 Å². The molecule has 0 unspecified atom stereocenters. The summed E-state index contributed by atoms with van der Waals surface area (Å²) >= 11 is 6.32. The highest BCUT2D eigenvalue weighted by atomic mass is 35.5. The molecule has 0 amide bonds. The summed E-state index contributed by atoms with van der Waals surface area (Å²) in [5.41, 5.74) is 5.42. The van der Waals surface area contributed by atoms with Crippen LogP contribution < -0.4 is 0 Å². The second-order valence-electron chi connectivity index (χ2n) is 6.86. The Hall–Kier alpha value is -2.18. The number of H-pyrrole nitrogens is 1. The molecule has 0 aliphatic carbocycles. The predicted octanol–water partition coefficient (Wildman–Crippen LogP) is 3.70. The molecule has 1 N–H and O–H groups in total. The smallest absolute Gasteiger partial charge is 0.132 e. The molecule has 2 aromatic heterocycles. The first-order valence-corrected chi connectivity index (χ1v) is 9.03. The average molecular weight is 374 g/mol. The van der Waals surface area contributed by atoms with Crippen LogP contribution in [0.4, 0.5) is 4.39 Å². The maximum Gasteiger partial charge on any atom is 0.132 e. The van der Waals surface area contributed by atoms with E-state index in [4.69, 9.17) is 11.6 Å². The first-order valence-electron chi connectivity index (χ1n) is 8.65. The average Bonchev–Trinajstić information content (AvgIpc) is 3.23. The van der Waals surface area contributed by atoms with Crippen molar-refractivity contribution in [3.63, 3.8) is 0 Å². The Morgan fingerprint density at radius 2 is 2.15 bits per heavy atom. The van der Waals surface area contributed by atoms with Gasteiger partial charge in [0.15, 0.2) is 0 Å². The number of nitrogens with one attached hydrogen (secondary N) is 1. The fourth-order valence-corrected chi connectivity index (χ4v) is 3.89. The highest BCUT2D eigenvalue weighted by molar-refractivity contribution is 6.31. The van der Waals surface area contributed by atoms with Gasteiger partial charge < -0.3 is 4.98 Å². The van der Waals surface area contributed by atoms with E-state index in [-0.39, 0.29) is 11.9 Å². The molecular weight excluding hydrogens is 353 g/mol. The summed E-state index contributed by atoms with van der Waals surface area (Å²) in [6, 6.07) is 3.41. The summed E-state index contributed by atoms with van der Waals surface area (Å²) in [5.74, 6) is -0.230. The first-order chi connectivity index (χ1) is 12.5. The monoisotopic (exact) mass is 373 g/mol. The summed E-state index contributed by atoms with van der Waals surface area (Å²) < 4.78 is 16.6. The molecule has 1 atom stereocenters. The number of hydrogen-bond acceptors (Lipinski definition) is 3. The molecule has 26 heavy (non-hydrogen) atoms. The number of aromatic amines is 1. The third kappa shape index (κ3) is 2.73. The van der Waals surface area contributed by atoms with E-state index < -0.39 is 0 Å². The summed E-state index contributed by atoms with van der Waals surface area (Å²) in [4.78, 5) is 10.0. The van der Waals surface area contributed by atoms with Crippen LogP contribution in [0.5, 0.6) is 0 Å². The molecule has 3 heterocycles. The van der Waals surface area contributed by atoms with Gasteiger partial charge in [0.2, 0.25) is 0 Å². The summed E-state index contributed by atoms with van der Waals surface area (Å²) in [7, 11) is 1.93. The molecule has 0 fully saturated rings. The second-order valence-corrected chi connectivity index (χ2v) is 7.26. The van der Waals surface area contributed by atoms with Gasteiger partial charge in [0.1, 0.15) is 5.82 Å². The third-order valence-electron chi connectivity index (χ3n) is 5.33. The number of nitrogens with zero attached hydrogens (tertiary/aromatic N) is 4. The van der Waals surface area contributed by atoms with E-state index in [0.717, 1.165) is 35.6 Å². The van der Waals surface area contributed by atoms with Crippen molar-refractivity contribution in [1.82, 2.24) is 24.6 Å². The zero-order chi connectivity index (χ0) is 18.4. The van der Waals surface area contributed by atoms with Crippen molar-refractivity contribution in [2.75, 3.05) is 6.54 Å². The van der Waals surface area contributed by atoms with Crippen LogP contribution in [0.15, 0.2) is 24.7 Å². The van der Waals surface area contributed by atoms with Crippen molar-refractivity contribution in [3.05, 3.63) is 69.3 Å². The third-order valence-corrected chi connectivity index (χ3v) is 5.69. The van der Waals surface area contributed by atoms with Gasteiger partial charge in [0, 0.05) is 54.1 Å². The van der Waals surface area contributed by atoms with Gasteiger partial charge in [-0.05, 0) is 25.5 Å². The van der Waals surface area contributed by atoms with Gasteiger partial charge in [0.05, 0.1) is 24.3 Å². The van der Waals surface area contributed by atoms with Crippen molar-refractivity contribution in [3.8, 4) is 0 Å². The molecule has 7 heteroatoms. The van der Waals surface area contributed by atoms with Crippen molar-refractivity contribution in [2.45, 2.75) is 32.9 Å². The fourth-order valence-electron chi connectivity index (χ4n) is 3.69. The predicted molar refractivity (Wildman–Crippen MR) is 98.6 cm³/mol. The van der Waals surface area contributed by atoms with Crippen LogP contribution in [-0.4, -0.2) is 31.2 Å². The molecule has 1 aromatic carbocycles. The maximum absolute atomic E-state index is 14.7. The van der Waals surface area contributed by atoms with Crippen molar-refractivity contribution < 1.29 is 4.39 Å². The Labute approximate surface area is 156 Å². The van der Waals surface area contributed by atoms with Crippen LogP contribution in [0, 0.1) is 19.7 Å². The van der Waals surface area contributed by atoms with Crippen LogP contribution >= 0.6 is 11.6 Å².